The molecule has 10 heavy (non-hydrogen) atoms. The lowest BCUT2D eigenvalue weighted by atomic mass is 10.1. The molecule has 1 heterocycles. The van der Waals surface area contributed by atoms with Crippen LogP contribution in [0, 0.1) is 0 Å². The molecule has 1 rings (SSSR count). The SMILES string of the molecule is C[C@@H]1O[C@@H](O)C[C@H](Cl)[C@H]1O. The summed E-state index contributed by atoms with van der Waals surface area (Å²) < 4.78 is 4.89. The molecular formula is C6H11ClO3. The topological polar surface area (TPSA) is 49.7 Å². The molecule has 4 atom stereocenters. The molecule has 0 spiro atoms. The maximum absolute atomic E-state index is 9.20. The summed E-state index contributed by atoms with van der Waals surface area (Å²) >= 11 is 5.67. The van der Waals surface area contributed by atoms with Crippen molar-refractivity contribution in [3.05, 3.63) is 0 Å². The Morgan fingerprint density at radius 2 is 2.10 bits per heavy atom. The second kappa shape index (κ2) is 3.05. The zero-order chi connectivity index (χ0) is 7.72. The van der Waals surface area contributed by atoms with E-state index in [4.69, 9.17) is 21.4 Å². The van der Waals surface area contributed by atoms with Crippen LogP contribution in [0.1, 0.15) is 13.3 Å². The van der Waals surface area contributed by atoms with Gasteiger partial charge in [-0.2, -0.15) is 0 Å². The van der Waals surface area contributed by atoms with Crippen molar-refractivity contribution in [2.24, 2.45) is 0 Å². The molecule has 3 nitrogen and oxygen atoms in total. The Morgan fingerprint density at radius 1 is 1.50 bits per heavy atom. The number of alkyl halides is 1. The summed E-state index contributed by atoms with van der Waals surface area (Å²) in [4.78, 5) is 0. The van der Waals surface area contributed by atoms with Gasteiger partial charge in [-0.15, -0.1) is 11.6 Å². The molecular weight excluding hydrogens is 156 g/mol. The Morgan fingerprint density at radius 3 is 2.60 bits per heavy atom. The number of rotatable bonds is 0. The fourth-order valence-electron chi connectivity index (χ4n) is 1.01. The van der Waals surface area contributed by atoms with Crippen molar-refractivity contribution in [1.29, 1.82) is 0 Å². The van der Waals surface area contributed by atoms with Crippen molar-refractivity contribution in [3.8, 4) is 0 Å². The molecule has 0 amide bonds. The van der Waals surface area contributed by atoms with Gasteiger partial charge < -0.3 is 14.9 Å². The third kappa shape index (κ3) is 1.61. The predicted molar refractivity (Wildman–Crippen MR) is 36.8 cm³/mol. The van der Waals surface area contributed by atoms with Gasteiger partial charge >= 0.3 is 0 Å². The maximum atomic E-state index is 9.20. The molecule has 0 bridgehead atoms. The Bertz CT molecular complexity index is 108. The number of halogens is 1. The smallest absolute Gasteiger partial charge is 0.156 e. The zero-order valence-corrected chi connectivity index (χ0v) is 6.45. The van der Waals surface area contributed by atoms with Crippen LogP contribution in [0.5, 0.6) is 0 Å². The van der Waals surface area contributed by atoms with E-state index in [0.717, 1.165) is 0 Å². The molecule has 1 aliphatic rings. The Hall–Kier alpha value is 0.170. The summed E-state index contributed by atoms with van der Waals surface area (Å²) in [6.07, 6.45) is -1.55. The molecule has 1 saturated heterocycles. The summed E-state index contributed by atoms with van der Waals surface area (Å²) in [5.74, 6) is 0. The minimum atomic E-state index is -0.819. The van der Waals surface area contributed by atoms with Crippen LogP contribution < -0.4 is 0 Å². The molecule has 4 heteroatoms. The molecule has 1 fully saturated rings. The van der Waals surface area contributed by atoms with Crippen molar-refractivity contribution < 1.29 is 14.9 Å². The van der Waals surface area contributed by atoms with E-state index in [1.165, 1.54) is 0 Å². The van der Waals surface area contributed by atoms with Crippen LogP contribution in [-0.2, 0) is 4.74 Å². The summed E-state index contributed by atoms with van der Waals surface area (Å²) in [5.41, 5.74) is 0. The molecule has 2 N–H and O–H groups in total. The molecule has 0 unspecified atom stereocenters. The molecule has 0 aliphatic carbocycles. The van der Waals surface area contributed by atoms with Gasteiger partial charge in [0.25, 0.3) is 0 Å². The third-order valence-corrected chi connectivity index (χ3v) is 2.09. The van der Waals surface area contributed by atoms with E-state index < -0.39 is 17.8 Å². The van der Waals surface area contributed by atoms with Gasteiger partial charge in [0.2, 0.25) is 0 Å². The molecule has 1 aliphatic heterocycles. The van der Waals surface area contributed by atoms with Crippen LogP contribution in [0.3, 0.4) is 0 Å². The zero-order valence-electron chi connectivity index (χ0n) is 5.70. The van der Waals surface area contributed by atoms with Gasteiger partial charge in [0, 0.05) is 6.42 Å². The van der Waals surface area contributed by atoms with Crippen LogP contribution >= 0.6 is 11.6 Å². The average Bonchev–Trinajstić information content (AvgIpc) is 1.82. The highest BCUT2D eigenvalue weighted by Gasteiger charge is 2.32. The Balaban J connectivity index is 2.49. The standard InChI is InChI=1S/C6H11ClO3/c1-3-6(9)4(7)2-5(8)10-3/h3-6,8-9H,2H2,1H3/t3-,4-,5+,6-/m0/s1. The summed E-state index contributed by atoms with van der Waals surface area (Å²) in [6, 6.07) is 0. The van der Waals surface area contributed by atoms with Crippen LogP contribution in [0.25, 0.3) is 0 Å². The predicted octanol–water partition coefficient (Wildman–Crippen LogP) is 0.0819. The summed E-state index contributed by atoms with van der Waals surface area (Å²) in [7, 11) is 0. The van der Waals surface area contributed by atoms with Crippen LogP contribution in [-0.4, -0.2) is 34.1 Å². The number of aliphatic hydroxyl groups excluding tert-OH is 2. The number of hydrogen-bond donors (Lipinski definition) is 2. The van der Waals surface area contributed by atoms with E-state index in [1.54, 1.807) is 6.92 Å². The lowest BCUT2D eigenvalue weighted by Gasteiger charge is -2.32. The monoisotopic (exact) mass is 166 g/mol. The highest BCUT2D eigenvalue weighted by molar-refractivity contribution is 6.21. The van der Waals surface area contributed by atoms with E-state index in [0.29, 0.717) is 6.42 Å². The molecule has 0 aromatic carbocycles. The maximum Gasteiger partial charge on any atom is 0.156 e. The normalized spacial score (nSPS) is 49.2. The van der Waals surface area contributed by atoms with Gasteiger partial charge in [-0.25, -0.2) is 0 Å². The van der Waals surface area contributed by atoms with Crippen molar-refractivity contribution in [2.45, 2.75) is 37.2 Å². The van der Waals surface area contributed by atoms with Crippen molar-refractivity contribution in [1.82, 2.24) is 0 Å². The fraction of sp³-hybridized carbons (Fsp3) is 1.00. The first-order valence-corrected chi connectivity index (χ1v) is 3.70. The Kier molecular flexibility index (Phi) is 2.52. The average molecular weight is 167 g/mol. The van der Waals surface area contributed by atoms with E-state index in [9.17, 15) is 5.11 Å². The van der Waals surface area contributed by atoms with E-state index >= 15 is 0 Å². The van der Waals surface area contributed by atoms with E-state index in [2.05, 4.69) is 0 Å². The van der Waals surface area contributed by atoms with Gasteiger partial charge in [0.15, 0.2) is 6.29 Å². The van der Waals surface area contributed by atoms with Gasteiger partial charge in [-0.3, -0.25) is 0 Å². The lowest BCUT2D eigenvalue weighted by molar-refractivity contribution is -0.190. The first-order chi connectivity index (χ1) is 4.61. The minimum absolute atomic E-state index is 0.299. The molecule has 0 saturated carbocycles. The van der Waals surface area contributed by atoms with Crippen molar-refractivity contribution in [3.63, 3.8) is 0 Å². The highest BCUT2D eigenvalue weighted by Crippen LogP contribution is 2.22. The van der Waals surface area contributed by atoms with Crippen LogP contribution in [0.15, 0.2) is 0 Å². The molecule has 0 radical (unpaired) electrons. The van der Waals surface area contributed by atoms with Crippen molar-refractivity contribution in [2.75, 3.05) is 0 Å². The molecule has 0 aromatic rings. The van der Waals surface area contributed by atoms with E-state index in [-0.39, 0.29) is 6.10 Å². The van der Waals surface area contributed by atoms with Crippen molar-refractivity contribution >= 4 is 11.6 Å². The largest absolute Gasteiger partial charge is 0.389 e. The van der Waals surface area contributed by atoms with Gasteiger partial charge in [0.05, 0.1) is 17.6 Å². The second-order valence-corrected chi connectivity index (χ2v) is 3.10. The van der Waals surface area contributed by atoms with Crippen LogP contribution in [0.4, 0.5) is 0 Å². The summed E-state index contributed by atoms with van der Waals surface area (Å²) in [6.45, 7) is 1.68. The van der Waals surface area contributed by atoms with E-state index in [1.807, 2.05) is 0 Å². The first kappa shape index (κ1) is 8.27. The first-order valence-electron chi connectivity index (χ1n) is 3.27. The fourth-order valence-corrected chi connectivity index (χ4v) is 1.37. The third-order valence-electron chi connectivity index (χ3n) is 1.65. The lowest BCUT2D eigenvalue weighted by Crippen LogP contribution is -2.44. The highest BCUT2D eigenvalue weighted by atomic mass is 35.5. The van der Waals surface area contributed by atoms with Gasteiger partial charge in [-0.05, 0) is 6.92 Å². The quantitative estimate of drug-likeness (QED) is 0.502. The Labute approximate surface area is 64.6 Å². The molecule has 60 valence electrons. The molecule has 0 aromatic heterocycles. The van der Waals surface area contributed by atoms with Crippen LogP contribution in [0.2, 0.25) is 0 Å². The van der Waals surface area contributed by atoms with Gasteiger partial charge in [0.1, 0.15) is 0 Å². The number of ether oxygens (including phenoxy) is 1. The minimum Gasteiger partial charge on any atom is -0.389 e. The van der Waals surface area contributed by atoms with Gasteiger partial charge in [-0.1, -0.05) is 0 Å². The second-order valence-electron chi connectivity index (χ2n) is 2.54. The summed E-state index contributed by atoms with van der Waals surface area (Å²) in [5, 5.41) is 17.8. The number of aliphatic hydroxyl groups is 2. The number of hydrogen-bond acceptors (Lipinski definition) is 3.